The summed E-state index contributed by atoms with van der Waals surface area (Å²) in [5, 5.41) is 27.0. The lowest BCUT2D eigenvalue weighted by Gasteiger charge is -2.57. The number of ether oxygens (including phenoxy) is 1. The zero-order valence-corrected chi connectivity index (χ0v) is 29.9. The first kappa shape index (κ1) is 32.5. The topological polar surface area (TPSA) is 90.2 Å². The number of nitrogens with one attached hydrogen (secondary N) is 1. The molecular weight excluding hydrogens is 612 g/mol. The number of hydrogen-bond acceptors (Lipinski definition) is 7. The number of nitrogens with zero attached hydrogens (tertiary/aromatic N) is 3. The second kappa shape index (κ2) is 12.3. The number of allylic oxidation sites excluding steroid dienone is 5. The Morgan fingerprint density at radius 2 is 1.84 bits per heavy atom. The van der Waals surface area contributed by atoms with E-state index in [0.717, 1.165) is 93.4 Å². The lowest BCUT2D eigenvalue weighted by atomic mass is 9.62. The summed E-state index contributed by atoms with van der Waals surface area (Å²) in [6.07, 6.45) is 16.6. The third kappa shape index (κ3) is 5.14. The molecular formula is C41H54N4O4. The Morgan fingerprint density at radius 3 is 2.61 bits per heavy atom. The van der Waals surface area contributed by atoms with Crippen LogP contribution >= 0.6 is 0 Å². The highest BCUT2D eigenvalue weighted by Crippen LogP contribution is 2.61. The highest BCUT2D eigenvalue weighted by Gasteiger charge is 2.54. The Bertz CT molecular complexity index is 1810. The van der Waals surface area contributed by atoms with Gasteiger partial charge in [0.25, 0.3) is 0 Å². The van der Waals surface area contributed by atoms with Gasteiger partial charge in [0.15, 0.2) is 5.76 Å². The molecule has 49 heavy (non-hydrogen) atoms. The van der Waals surface area contributed by atoms with Gasteiger partial charge < -0.3 is 29.7 Å². The average Bonchev–Trinajstić information content (AvgIpc) is 3.68. The molecule has 0 radical (unpaired) electrons. The van der Waals surface area contributed by atoms with Crippen LogP contribution in [0.15, 0.2) is 64.4 Å². The third-order valence-corrected chi connectivity index (χ3v) is 13.3. The predicted octanol–water partition coefficient (Wildman–Crippen LogP) is 8.29. The molecule has 1 aromatic carbocycles. The number of aliphatic hydroxyl groups excluding tert-OH is 2. The van der Waals surface area contributed by atoms with Crippen molar-refractivity contribution in [1.29, 1.82) is 0 Å². The van der Waals surface area contributed by atoms with Crippen molar-refractivity contribution in [2.45, 2.75) is 110 Å². The number of aromatic nitrogens is 1. The lowest BCUT2D eigenvalue weighted by molar-refractivity contribution is -0.131. The summed E-state index contributed by atoms with van der Waals surface area (Å²) in [5.41, 5.74) is 9.34. The van der Waals surface area contributed by atoms with Gasteiger partial charge in [-0.15, -0.1) is 0 Å². The van der Waals surface area contributed by atoms with E-state index < -0.39 is 0 Å². The second-order valence-corrected chi connectivity index (χ2v) is 15.7. The van der Waals surface area contributed by atoms with Gasteiger partial charge in [0, 0.05) is 72.1 Å². The zero-order chi connectivity index (χ0) is 34.1. The molecule has 0 aliphatic carbocycles. The molecule has 4 atom stereocenters. The van der Waals surface area contributed by atoms with Crippen molar-refractivity contribution in [2.24, 2.45) is 10.8 Å². The van der Waals surface area contributed by atoms with Crippen molar-refractivity contribution >= 4 is 16.9 Å². The molecule has 8 nitrogen and oxygen atoms in total. The van der Waals surface area contributed by atoms with Gasteiger partial charge in [-0.1, -0.05) is 13.8 Å². The average molecular weight is 667 g/mol. The molecule has 6 aliphatic rings. The molecule has 0 amide bonds. The standard InChI is InChI=1S/C41H54N4O4/c1-5-40-14-7-17-42-33(22-28-12-20-43(38(28)40)18-8-15-40)32(24-36(48)26(3)46)35-25-41(6-2)16-9-19-44-21-13-30-31-23-29(49-27(4)47)10-11-34(31)45(35)37(30)39(41)44/h10-11,22-24,35,39,42,46,48H,5-9,12-21,25H2,1-4H3/b32-24+,33-22-,36-26-. The van der Waals surface area contributed by atoms with E-state index in [1.54, 1.807) is 12.6 Å². The van der Waals surface area contributed by atoms with Crippen LogP contribution in [0.5, 0.6) is 5.75 Å². The van der Waals surface area contributed by atoms with Gasteiger partial charge in [0.2, 0.25) is 0 Å². The van der Waals surface area contributed by atoms with Crippen LogP contribution in [0.25, 0.3) is 10.9 Å². The van der Waals surface area contributed by atoms with Crippen LogP contribution in [-0.2, 0) is 11.2 Å². The Labute approximate surface area is 291 Å². The van der Waals surface area contributed by atoms with Crippen LogP contribution in [0.3, 0.4) is 0 Å². The van der Waals surface area contributed by atoms with Crippen LogP contribution in [-0.4, -0.2) is 63.3 Å². The zero-order valence-electron chi connectivity index (χ0n) is 29.9. The van der Waals surface area contributed by atoms with Crippen molar-refractivity contribution in [1.82, 2.24) is 19.7 Å². The SMILES string of the molecule is CCC12CCCNC(/C(=C\C(O)=C(/C)O)C3CC4(CC)CCCN5CCc6c(n3c3ccc(OC(C)=O)cc63)C54)=C\C3=C1N(CCC2)CC3. The van der Waals surface area contributed by atoms with Crippen molar-refractivity contribution < 1.29 is 19.7 Å². The molecule has 2 saturated heterocycles. The number of esters is 1. The Hall–Kier alpha value is -3.65. The molecule has 0 spiro atoms. The Balaban J connectivity index is 1.38. The fourth-order valence-electron chi connectivity index (χ4n) is 11.1. The summed E-state index contributed by atoms with van der Waals surface area (Å²) in [7, 11) is 0. The van der Waals surface area contributed by atoms with Crippen molar-refractivity contribution in [3.63, 3.8) is 0 Å². The lowest BCUT2D eigenvalue weighted by Crippen LogP contribution is -2.53. The first-order valence-corrected chi connectivity index (χ1v) is 19.0. The maximum atomic E-state index is 12.0. The molecule has 2 fully saturated rings. The van der Waals surface area contributed by atoms with Gasteiger partial charge in [0.05, 0.1) is 12.1 Å². The number of benzene rings is 1. The van der Waals surface area contributed by atoms with Crippen LogP contribution in [0.4, 0.5) is 0 Å². The molecule has 7 heterocycles. The number of fused-ring (bicyclic) bond motifs is 3. The Morgan fingerprint density at radius 1 is 1.02 bits per heavy atom. The van der Waals surface area contributed by atoms with Gasteiger partial charge in [-0.3, -0.25) is 9.69 Å². The second-order valence-electron chi connectivity index (χ2n) is 15.7. The Kier molecular flexibility index (Phi) is 8.16. The largest absolute Gasteiger partial charge is 0.509 e. The smallest absolute Gasteiger partial charge is 0.308 e. The third-order valence-electron chi connectivity index (χ3n) is 13.3. The van der Waals surface area contributed by atoms with Crippen molar-refractivity contribution in [3.05, 3.63) is 75.7 Å². The normalized spacial score (nSPS) is 31.5. The molecule has 4 unspecified atom stereocenters. The van der Waals surface area contributed by atoms with Crippen molar-refractivity contribution in [2.75, 3.05) is 32.7 Å². The minimum absolute atomic E-state index is 0.0635. The molecule has 1 aromatic heterocycles. The highest BCUT2D eigenvalue weighted by atomic mass is 16.5. The first-order chi connectivity index (χ1) is 23.7. The van der Waals surface area contributed by atoms with Gasteiger partial charge >= 0.3 is 5.97 Å². The summed E-state index contributed by atoms with van der Waals surface area (Å²) >= 11 is 0. The molecule has 3 N–H and O–H groups in total. The van der Waals surface area contributed by atoms with Gasteiger partial charge in [-0.25, -0.2) is 0 Å². The monoisotopic (exact) mass is 666 g/mol. The van der Waals surface area contributed by atoms with E-state index in [1.165, 1.54) is 55.9 Å². The minimum atomic E-state index is -0.311. The summed E-state index contributed by atoms with van der Waals surface area (Å²) < 4.78 is 8.20. The number of rotatable bonds is 6. The van der Waals surface area contributed by atoms with E-state index in [4.69, 9.17) is 4.74 Å². The minimum Gasteiger partial charge on any atom is -0.509 e. The quantitative estimate of drug-likeness (QED) is 0.124. The number of hydrogen-bond donors (Lipinski definition) is 3. The van der Waals surface area contributed by atoms with E-state index in [0.29, 0.717) is 11.8 Å². The predicted molar refractivity (Wildman–Crippen MR) is 193 cm³/mol. The summed E-state index contributed by atoms with van der Waals surface area (Å²) in [6, 6.07) is 6.40. The molecule has 8 rings (SSSR count). The number of aliphatic hydroxyl groups is 2. The van der Waals surface area contributed by atoms with E-state index in [-0.39, 0.29) is 34.4 Å². The van der Waals surface area contributed by atoms with Crippen LogP contribution in [0.2, 0.25) is 0 Å². The molecule has 0 bridgehead atoms. The van der Waals surface area contributed by atoms with E-state index in [1.807, 2.05) is 12.1 Å². The van der Waals surface area contributed by atoms with E-state index in [2.05, 4.69) is 51.7 Å². The molecule has 0 saturated carbocycles. The van der Waals surface area contributed by atoms with E-state index >= 15 is 0 Å². The number of carbonyl (C=O) groups excluding carboxylic acids is 1. The molecule has 8 heteroatoms. The fourth-order valence-corrected chi connectivity index (χ4v) is 11.1. The van der Waals surface area contributed by atoms with Gasteiger partial charge in [0.1, 0.15) is 11.5 Å². The summed E-state index contributed by atoms with van der Waals surface area (Å²) in [5.74, 6) is 0.127. The highest BCUT2D eigenvalue weighted by molar-refractivity contribution is 5.89. The van der Waals surface area contributed by atoms with Crippen LogP contribution in [0.1, 0.15) is 115 Å². The fraction of sp³-hybridized carbons (Fsp3) is 0.585. The maximum absolute atomic E-state index is 12.0. The molecule has 2 aromatic rings. The van der Waals surface area contributed by atoms with Crippen molar-refractivity contribution in [3.8, 4) is 5.75 Å². The number of piperidine rings is 2. The van der Waals surface area contributed by atoms with Gasteiger partial charge in [-0.2, -0.15) is 0 Å². The summed E-state index contributed by atoms with van der Waals surface area (Å²) in [6.45, 7) is 13.0. The van der Waals surface area contributed by atoms with E-state index in [9.17, 15) is 15.0 Å². The summed E-state index contributed by atoms with van der Waals surface area (Å²) in [4.78, 5) is 17.4. The molecule has 6 aliphatic heterocycles. The maximum Gasteiger partial charge on any atom is 0.308 e. The van der Waals surface area contributed by atoms with Crippen LogP contribution in [0, 0.1) is 10.8 Å². The van der Waals surface area contributed by atoms with Gasteiger partial charge in [-0.05, 0) is 131 Å². The first-order valence-electron chi connectivity index (χ1n) is 19.0. The van der Waals surface area contributed by atoms with Crippen LogP contribution < -0.4 is 10.1 Å². The number of carbonyl (C=O) groups is 1. The molecule has 262 valence electrons.